The molecule has 2 rings (SSSR count). The summed E-state index contributed by atoms with van der Waals surface area (Å²) in [6, 6.07) is 10.4. The monoisotopic (exact) mass is 483 g/mol. The molecular weight excluding hydrogens is 462 g/mol. The maximum absolute atomic E-state index is 12.4. The third kappa shape index (κ3) is 6.20. The number of anilines is 1. The molecule has 0 radical (unpaired) electrons. The molecule has 29 heavy (non-hydrogen) atoms. The van der Waals surface area contributed by atoms with Crippen LogP contribution in [0.3, 0.4) is 0 Å². The number of hydrogen-bond donors (Lipinski definition) is 1. The lowest BCUT2D eigenvalue weighted by molar-refractivity contribution is -0.119. The van der Waals surface area contributed by atoms with E-state index in [0.29, 0.717) is 17.1 Å². The van der Waals surface area contributed by atoms with Gasteiger partial charge in [-0.25, -0.2) is 13.8 Å². The Morgan fingerprint density at radius 3 is 2.45 bits per heavy atom. The summed E-state index contributed by atoms with van der Waals surface area (Å²) in [4.78, 5) is 12.4. The molecule has 0 saturated heterocycles. The largest absolute Gasteiger partial charge is 0.496 e. The van der Waals surface area contributed by atoms with Gasteiger partial charge in [-0.15, -0.1) is 0 Å². The van der Waals surface area contributed by atoms with E-state index in [1.54, 1.807) is 30.3 Å². The summed E-state index contributed by atoms with van der Waals surface area (Å²) in [6.45, 7) is 1.37. The molecule has 10 heteroatoms. The molecule has 0 aromatic heterocycles. The van der Waals surface area contributed by atoms with Crippen LogP contribution in [0.5, 0.6) is 11.5 Å². The minimum Gasteiger partial charge on any atom is -0.496 e. The first-order valence-corrected chi connectivity index (χ1v) is 11.1. The van der Waals surface area contributed by atoms with E-state index in [2.05, 4.69) is 26.5 Å². The van der Waals surface area contributed by atoms with Crippen molar-refractivity contribution < 1.29 is 22.7 Å². The van der Waals surface area contributed by atoms with Crippen LogP contribution in [-0.4, -0.2) is 47.6 Å². The lowest BCUT2D eigenvalue weighted by atomic mass is 10.2. The van der Waals surface area contributed by atoms with Crippen LogP contribution in [0.2, 0.25) is 0 Å². The molecule has 0 bridgehead atoms. The number of carbonyl (C=O) groups excluding carboxylic acids is 1. The van der Waals surface area contributed by atoms with Gasteiger partial charge in [0.25, 0.3) is 5.91 Å². The summed E-state index contributed by atoms with van der Waals surface area (Å²) in [6.07, 6.45) is 2.44. The lowest BCUT2D eigenvalue weighted by Crippen LogP contribution is -2.39. The van der Waals surface area contributed by atoms with Gasteiger partial charge in [-0.2, -0.15) is 5.10 Å². The summed E-state index contributed by atoms with van der Waals surface area (Å²) >= 11 is 3.36. The quantitative estimate of drug-likeness (QED) is 0.459. The number of nitrogens with one attached hydrogen (secondary N) is 1. The van der Waals surface area contributed by atoms with Gasteiger partial charge in [0.2, 0.25) is 10.0 Å². The van der Waals surface area contributed by atoms with E-state index >= 15 is 0 Å². The Balaban J connectivity index is 2.20. The zero-order valence-electron chi connectivity index (χ0n) is 16.5. The SMILES string of the molecule is COc1ccc(Br)cc1/C=N\NC(=O)CN(c1cc(C)ccc1OC)S(C)(=O)=O. The van der Waals surface area contributed by atoms with Crippen LogP contribution in [0.1, 0.15) is 11.1 Å². The summed E-state index contributed by atoms with van der Waals surface area (Å²) in [5.41, 5.74) is 4.09. The number of methoxy groups -OCH3 is 2. The van der Waals surface area contributed by atoms with Crippen molar-refractivity contribution in [1.29, 1.82) is 0 Å². The van der Waals surface area contributed by atoms with E-state index in [-0.39, 0.29) is 5.69 Å². The number of amides is 1. The van der Waals surface area contributed by atoms with Crippen LogP contribution in [0.4, 0.5) is 5.69 Å². The summed E-state index contributed by atoms with van der Waals surface area (Å²) in [7, 11) is -0.780. The van der Waals surface area contributed by atoms with Crippen LogP contribution >= 0.6 is 15.9 Å². The van der Waals surface area contributed by atoms with Gasteiger partial charge in [0.1, 0.15) is 18.0 Å². The molecular formula is C19H22BrN3O5S. The number of ether oxygens (including phenoxy) is 2. The molecule has 8 nitrogen and oxygen atoms in total. The molecule has 0 fully saturated rings. The minimum absolute atomic E-state index is 0.280. The molecule has 0 aliphatic rings. The fourth-order valence-corrected chi connectivity index (χ4v) is 3.75. The Morgan fingerprint density at radius 1 is 1.17 bits per heavy atom. The van der Waals surface area contributed by atoms with Gasteiger partial charge in [0.15, 0.2) is 0 Å². The Hall–Kier alpha value is -2.59. The first-order valence-electron chi connectivity index (χ1n) is 8.43. The van der Waals surface area contributed by atoms with Crippen LogP contribution in [0.15, 0.2) is 46.0 Å². The lowest BCUT2D eigenvalue weighted by Gasteiger charge is -2.23. The highest BCUT2D eigenvalue weighted by atomic mass is 79.9. The maximum atomic E-state index is 12.4. The standard InChI is InChI=1S/C19H22BrN3O5S/c1-13-5-7-18(28-3)16(9-13)23(29(4,25)26)12-19(24)22-21-11-14-10-15(20)6-8-17(14)27-2/h5-11H,12H2,1-4H3,(H,22,24)/b21-11-. The number of carbonyl (C=O) groups is 1. The first-order chi connectivity index (χ1) is 13.7. The van der Waals surface area contributed by atoms with E-state index < -0.39 is 22.5 Å². The number of hydrogen-bond acceptors (Lipinski definition) is 6. The van der Waals surface area contributed by atoms with Crippen molar-refractivity contribution >= 4 is 43.8 Å². The normalized spacial score (nSPS) is 11.3. The smallest absolute Gasteiger partial charge is 0.260 e. The predicted molar refractivity (Wildman–Crippen MR) is 116 cm³/mol. The molecule has 0 saturated carbocycles. The van der Waals surface area contributed by atoms with Gasteiger partial charge in [-0.1, -0.05) is 22.0 Å². The number of benzene rings is 2. The van der Waals surface area contributed by atoms with Gasteiger partial charge < -0.3 is 9.47 Å². The predicted octanol–water partition coefficient (Wildman–Crippen LogP) is 2.69. The van der Waals surface area contributed by atoms with Crippen molar-refractivity contribution in [2.24, 2.45) is 5.10 Å². The Labute approximate surface area is 178 Å². The molecule has 0 unspecified atom stereocenters. The second kappa shape index (κ2) is 9.75. The number of aryl methyl sites for hydroxylation is 1. The summed E-state index contributed by atoms with van der Waals surface area (Å²) in [5, 5.41) is 3.90. The highest BCUT2D eigenvalue weighted by Crippen LogP contribution is 2.30. The molecule has 0 aliphatic heterocycles. The second-order valence-electron chi connectivity index (χ2n) is 6.12. The fourth-order valence-electron chi connectivity index (χ4n) is 2.52. The highest BCUT2D eigenvalue weighted by molar-refractivity contribution is 9.10. The molecule has 2 aromatic carbocycles. The van der Waals surface area contributed by atoms with Gasteiger partial charge in [0, 0.05) is 10.0 Å². The molecule has 1 N–H and O–H groups in total. The number of rotatable bonds is 8. The van der Waals surface area contributed by atoms with E-state index in [0.717, 1.165) is 20.6 Å². The molecule has 156 valence electrons. The third-order valence-electron chi connectivity index (χ3n) is 3.88. The molecule has 0 heterocycles. The number of nitrogens with zero attached hydrogens (tertiary/aromatic N) is 2. The topological polar surface area (TPSA) is 97.3 Å². The molecule has 1 amide bonds. The maximum Gasteiger partial charge on any atom is 0.260 e. The Bertz CT molecular complexity index is 1020. The van der Waals surface area contributed by atoms with Crippen molar-refractivity contribution in [3.63, 3.8) is 0 Å². The minimum atomic E-state index is -3.74. The van der Waals surface area contributed by atoms with E-state index in [9.17, 15) is 13.2 Å². The average Bonchev–Trinajstić information content (AvgIpc) is 2.65. The van der Waals surface area contributed by atoms with Crippen molar-refractivity contribution in [3.05, 3.63) is 52.0 Å². The van der Waals surface area contributed by atoms with E-state index in [1.165, 1.54) is 20.4 Å². The summed E-state index contributed by atoms with van der Waals surface area (Å²) in [5.74, 6) is 0.314. The zero-order chi connectivity index (χ0) is 21.6. The zero-order valence-corrected chi connectivity index (χ0v) is 18.9. The second-order valence-corrected chi connectivity index (χ2v) is 8.95. The van der Waals surface area contributed by atoms with E-state index in [1.807, 2.05) is 13.0 Å². The molecule has 0 spiro atoms. The first kappa shape index (κ1) is 22.7. The van der Waals surface area contributed by atoms with E-state index in [4.69, 9.17) is 9.47 Å². The number of hydrazone groups is 1. The number of sulfonamides is 1. The third-order valence-corrected chi connectivity index (χ3v) is 5.49. The van der Waals surface area contributed by atoms with Gasteiger partial charge in [0.05, 0.1) is 32.4 Å². The van der Waals surface area contributed by atoms with Crippen LogP contribution < -0.4 is 19.2 Å². The van der Waals surface area contributed by atoms with Gasteiger partial charge in [-0.3, -0.25) is 9.10 Å². The van der Waals surface area contributed by atoms with Crippen molar-refractivity contribution in [3.8, 4) is 11.5 Å². The fraction of sp³-hybridized carbons (Fsp3) is 0.263. The van der Waals surface area contributed by atoms with Crippen LogP contribution in [0.25, 0.3) is 0 Å². The number of halogens is 1. The van der Waals surface area contributed by atoms with Gasteiger partial charge in [-0.05, 0) is 42.8 Å². The highest BCUT2D eigenvalue weighted by Gasteiger charge is 2.24. The molecule has 0 atom stereocenters. The average molecular weight is 484 g/mol. The van der Waals surface area contributed by atoms with Crippen molar-refractivity contribution in [1.82, 2.24) is 5.43 Å². The van der Waals surface area contributed by atoms with Crippen molar-refractivity contribution in [2.75, 3.05) is 31.3 Å². The Morgan fingerprint density at radius 2 is 1.83 bits per heavy atom. The molecule has 2 aromatic rings. The van der Waals surface area contributed by atoms with Crippen molar-refractivity contribution in [2.45, 2.75) is 6.92 Å². The van der Waals surface area contributed by atoms with Crippen LogP contribution in [0, 0.1) is 6.92 Å². The molecule has 0 aliphatic carbocycles. The Kier molecular flexibility index (Phi) is 7.63. The summed E-state index contributed by atoms with van der Waals surface area (Å²) < 4.78 is 36.9. The van der Waals surface area contributed by atoms with Crippen LogP contribution in [-0.2, 0) is 14.8 Å². The van der Waals surface area contributed by atoms with Gasteiger partial charge >= 0.3 is 0 Å².